The lowest BCUT2D eigenvalue weighted by atomic mass is 10.1. The SMILES string of the molecule is C.C.OCCCCCCCCO. The monoisotopic (exact) mass is 178 g/mol. The van der Waals surface area contributed by atoms with Crippen LogP contribution >= 0.6 is 0 Å². The minimum absolute atomic E-state index is 0. The van der Waals surface area contributed by atoms with Crippen LogP contribution in [0.4, 0.5) is 0 Å². The smallest absolute Gasteiger partial charge is 0.0431 e. The zero-order chi connectivity index (χ0) is 7.66. The third-order valence-corrected chi connectivity index (χ3v) is 1.57. The largest absolute Gasteiger partial charge is 0.396 e. The molecule has 0 aromatic heterocycles. The van der Waals surface area contributed by atoms with Crippen molar-refractivity contribution in [1.29, 1.82) is 0 Å². The Morgan fingerprint density at radius 2 is 0.750 bits per heavy atom. The van der Waals surface area contributed by atoms with Gasteiger partial charge in [0.05, 0.1) is 0 Å². The van der Waals surface area contributed by atoms with E-state index in [4.69, 9.17) is 10.2 Å². The first-order valence-electron chi connectivity index (χ1n) is 4.13. The Hall–Kier alpha value is -0.0800. The van der Waals surface area contributed by atoms with E-state index in [9.17, 15) is 0 Å². The van der Waals surface area contributed by atoms with E-state index in [1.54, 1.807) is 0 Å². The van der Waals surface area contributed by atoms with Crippen LogP contribution in [0, 0.1) is 0 Å². The van der Waals surface area contributed by atoms with Gasteiger partial charge in [-0.15, -0.1) is 0 Å². The van der Waals surface area contributed by atoms with Gasteiger partial charge in [0.25, 0.3) is 0 Å². The van der Waals surface area contributed by atoms with Crippen molar-refractivity contribution in [1.82, 2.24) is 0 Å². The van der Waals surface area contributed by atoms with E-state index in [2.05, 4.69) is 0 Å². The Balaban J connectivity index is -0.000000405. The minimum atomic E-state index is 0. The molecule has 2 nitrogen and oxygen atoms in total. The molecule has 0 heterocycles. The topological polar surface area (TPSA) is 40.5 Å². The van der Waals surface area contributed by atoms with E-state index in [1.165, 1.54) is 12.8 Å². The first-order valence-corrected chi connectivity index (χ1v) is 4.13. The molecule has 0 aliphatic rings. The second-order valence-corrected chi connectivity index (χ2v) is 2.57. The molecule has 0 unspecified atom stereocenters. The van der Waals surface area contributed by atoms with Gasteiger partial charge in [-0.2, -0.15) is 0 Å². The average Bonchev–Trinajstić information content (AvgIpc) is 1.97. The molecule has 2 heteroatoms. The third-order valence-electron chi connectivity index (χ3n) is 1.57. The van der Waals surface area contributed by atoms with E-state index >= 15 is 0 Å². The highest BCUT2D eigenvalue weighted by atomic mass is 16.3. The van der Waals surface area contributed by atoms with Crippen LogP contribution in [0.25, 0.3) is 0 Å². The molecule has 0 spiro atoms. The van der Waals surface area contributed by atoms with Crippen LogP contribution in [-0.4, -0.2) is 23.4 Å². The summed E-state index contributed by atoms with van der Waals surface area (Å²) in [4.78, 5) is 0. The molecule has 0 fully saturated rings. The van der Waals surface area contributed by atoms with E-state index in [0.29, 0.717) is 13.2 Å². The third kappa shape index (κ3) is 16.5. The fraction of sp³-hybridized carbons (Fsp3) is 1.00. The summed E-state index contributed by atoms with van der Waals surface area (Å²) in [5, 5.41) is 16.9. The number of aliphatic hydroxyl groups excluding tert-OH is 2. The molecule has 0 saturated carbocycles. The van der Waals surface area contributed by atoms with Gasteiger partial charge in [0.2, 0.25) is 0 Å². The highest BCUT2D eigenvalue weighted by Crippen LogP contribution is 2.03. The lowest BCUT2D eigenvalue weighted by molar-refractivity contribution is 0.275. The predicted molar refractivity (Wildman–Crippen MR) is 55.3 cm³/mol. The zero-order valence-electron chi connectivity index (χ0n) is 6.55. The van der Waals surface area contributed by atoms with E-state index < -0.39 is 0 Å². The van der Waals surface area contributed by atoms with Crippen molar-refractivity contribution in [3.8, 4) is 0 Å². The summed E-state index contributed by atoms with van der Waals surface area (Å²) in [5.74, 6) is 0. The summed E-state index contributed by atoms with van der Waals surface area (Å²) < 4.78 is 0. The number of aliphatic hydroxyl groups is 2. The van der Waals surface area contributed by atoms with Crippen LogP contribution in [0.3, 0.4) is 0 Å². The van der Waals surface area contributed by atoms with Crippen LogP contribution in [0.1, 0.15) is 53.4 Å². The van der Waals surface area contributed by atoms with Crippen LogP contribution in [0.2, 0.25) is 0 Å². The molecule has 0 saturated heterocycles. The summed E-state index contributed by atoms with van der Waals surface area (Å²) in [7, 11) is 0. The van der Waals surface area contributed by atoms with E-state index in [-0.39, 0.29) is 14.9 Å². The van der Waals surface area contributed by atoms with Crippen molar-refractivity contribution in [2.24, 2.45) is 0 Å². The van der Waals surface area contributed by atoms with Gasteiger partial charge in [0.1, 0.15) is 0 Å². The lowest BCUT2D eigenvalue weighted by Gasteiger charge is -1.97. The van der Waals surface area contributed by atoms with Crippen molar-refractivity contribution >= 4 is 0 Å². The first-order chi connectivity index (χ1) is 4.91. The van der Waals surface area contributed by atoms with Crippen molar-refractivity contribution < 1.29 is 10.2 Å². The molecule has 12 heavy (non-hydrogen) atoms. The van der Waals surface area contributed by atoms with Gasteiger partial charge in [-0.3, -0.25) is 0 Å². The maximum absolute atomic E-state index is 8.43. The molecule has 0 amide bonds. The highest BCUT2D eigenvalue weighted by Gasteiger charge is 1.88. The maximum Gasteiger partial charge on any atom is 0.0431 e. The second kappa shape index (κ2) is 17.1. The summed E-state index contributed by atoms with van der Waals surface area (Å²) in [5.41, 5.74) is 0. The number of rotatable bonds is 7. The van der Waals surface area contributed by atoms with Gasteiger partial charge < -0.3 is 10.2 Å². The van der Waals surface area contributed by atoms with E-state index in [0.717, 1.165) is 25.7 Å². The number of hydrogen-bond donors (Lipinski definition) is 2. The molecular weight excluding hydrogens is 152 g/mol. The van der Waals surface area contributed by atoms with Gasteiger partial charge in [0.15, 0.2) is 0 Å². The maximum atomic E-state index is 8.43. The minimum Gasteiger partial charge on any atom is -0.396 e. The zero-order valence-corrected chi connectivity index (χ0v) is 6.55. The number of unbranched alkanes of at least 4 members (excludes halogenated alkanes) is 5. The van der Waals surface area contributed by atoms with Gasteiger partial charge in [-0.1, -0.05) is 40.5 Å². The van der Waals surface area contributed by atoms with Gasteiger partial charge >= 0.3 is 0 Å². The van der Waals surface area contributed by atoms with Crippen LogP contribution in [-0.2, 0) is 0 Å². The van der Waals surface area contributed by atoms with Crippen molar-refractivity contribution in [2.75, 3.05) is 13.2 Å². The Kier molecular flexibility index (Phi) is 25.5. The van der Waals surface area contributed by atoms with Crippen molar-refractivity contribution in [3.05, 3.63) is 0 Å². The quantitative estimate of drug-likeness (QED) is 0.588. The van der Waals surface area contributed by atoms with Crippen LogP contribution in [0.5, 0.6) is 0 Å². The number of hydrogen-bond acceptors (Lipinski definition) is 2. The molecule has 0 rings (SSSR count). The molecule has 0 bridgehead atoms. The molecule has 0 aliphatic heterocycles. The first kappa shape index (κ1) is 17.9. The predicted octanol–water partition coefficient (Wildman–Crippen LogP) is 2.58. The Labute approximate surface area is 77.6 Å². The van der Waals surface area contributed by atoms with Crippen molar-refractivity contribution in [2.45, 2.75) is 53.4 Å². The molecule has 0 radical (unpaired) electrons. The molecule has 78 valence electrons. The Morgan fingerprint density at radius 3 is 1.00 bits per heavy atom. The second-order valence-electron chi connectivity index (χ2n) is 2.57. The average molecular weight is 178 g/mol. The van der Waals surface area contributed by atoms with Gasteiger partial charge in [-0.25, -0.2) is 0 Å². The standard InChI is InChI=1S/C8H18O2.2CH4/c9-7-5-3-1-2-4-6-8-10;;/h9-10H,1-8H2;2*1H4. The summed E-state index contributed by atoms with van der Waals surface area (Å²) in [6, 6.07) is 0. The molecular formula is C10H26O2. The summed E-state index contributed by atoms with van der Waals surface area (Å²) >= 11 is 0. The van der Waals surface area contributed by atoms with Gasteiger partial charge in [0, 0.05) is 13.2 Å². The summed E-state index contributed by atoms with van der Waals surface area (Å²) in [6.45, 7) is 0.639. The molecule has 2 N–H and O–H groups in total. The Bertz CT molecular complexity index is 47.8. The fourth-order valence-corrected chi connectivity index (χ4v) is 0.931. The molecule has 0 aromatic carbocycles. The van der Waals surface area contributed by atoms with Crippen LogP contribution in [0.15, 0.2) is 0 Å². The molecule has 0 aromatic rings. The molecule has 0 atom stereocenters. The molecule has 0 aliphatic carbocycles. The Morgan fingerprint density at radius 1 is 0.500 bits per heavy atom. The highest BCUT2D eigenvalue weighted by molar-refractivity contribution is 4.43. The normalized spacial score (nSPS) is 8.50. The fourth-order valence-electron chi connectivity index (χ4n) is 0.931. The van der Waals surface area contributed by atoms with E-state index in [1.807, 2.05) is 0 Å². The van der Waals surface area contributed by atoms with Gasteiger partial charge in [-0.05, 0) is 12.8 Å². The van der Waals surface area contributed by atoms with Crippen LogP contribution < -0.4 is 0 Å². The summed E-state index contributed by atoms with van der Waals surface area (Å²) in [6.07, 6.45) is 6.50. The van der Waals surface area contributed by atoms with Crippen molar-refractivity contribution in [3.63, 3.8) is 0 Å². The lowest BCUT2D eigenvalue weighted by Crippen LogP contribution is -1.85.